The number of nitrogens with zero attached hydrogens (tertiary/aromatic N) is 6. The number of hydrogen-bond acceptors (Lipinski definition) is 6. The summed E-state index contributed by atoms with van der Waals surface area (Å²) in [4.78, 5) is 8.44. The van der Waals surface area contributed by atoms with Crippen LogP contribution in [0.25, 0.3) is 33.4 Å². The Kier molecular flexibility index (Phi) is 2.97. The van der Waals surface area contributed by atoms with Crippen molar-refractivity contribution in [2.75, 3.05) is 0 Å². The van der Waals surface area contributed by atoms with Crippen molar-refractivity contribution in [3.05, 3.63) is 61.3 Å². The van der Waals surface area contributed by atoms with Gasteiger partial charge in [0.05, 0.1) is 18.1 Å². The van der Waals surface area contributed by atoms with Gasteiger partial charge >= 0.3 is 0 Å². The maximum atomic E-state index is 4.33. The Morgan fingerprint density at radius 2 is 1.73 bits per heavy atom. The van der Waals surface area contributed by atoms with Crippen molar-refractivity contribution in [3.8, 4) is 22.6 Å². The summed E-state index contributed by atoms with van der Waals surface area (Å²) in [5.41, 5.74) is 3.09. The molecule has 0 amide bonds. The van der Waals surface area contributed by atoms with Gasteiger partial charge in [-0.3, -0.25) is 9.97 Å². The average molecular weight is 286 g/mol. The van der Waals surface area contributed by atoms with Crippen LogP contribution in [0.5, 0.6) is 0 Å². The third-order valence-corrected chi connectivity index (χ3v) is 3.34. The smallest absolute Gasteiger partial charge is 0.121 e. The summed E-state index contributed by atoms with van der Waals surface area (Å²) in [6.45, 7) is 0. The van der Waals surface area contributed by atoms with Crippen LogP contribution in [0.3, 0.4) is 0 Å². The Bertz CT molecular complexity index is 851. The van der Waals surface area contributed by atoms with Crippen molar-refractivity contribution in [2.45, 2.75) is 0 Å². The Morgan fingerprint density at radius 3 is 2.55 bits per heavy atom. The van der Waals surface area contributed by atoms with Gasteiger partial charge in [0.2, 0.25) is 0 Å². The van der Waals surface area contributed by atoms with E-state index >= 15 is 0 Å². The molecule has 0 N–H and O–H groups in total. The molecule has 4 aromatic rings. The summed E-state index contributed by atoms with van der Waals surface area (Å²) in [6, 6.07) is 9.73. The van der Waals surface area contributed by atoms with Gasteiger partial charge in [-0.05, 0) is 12.1 Å². The fourth-order valence-electron chi connectivity index (χ4n) is 2.40. The zero-order chi connectivity index (χ0) is 14.8. The van der Waals surface area contributed by atoms with Gasteiger partial charge in [-0.15, -0.1) is 5.10 Å². The van der Waals surface area contributed by atoms with Crippen molar-refractivity contribution in [3.63, 3.8) is 0 Å². The topological polar surface area (TPSA) is 77.3 Å². The molecule has 0 spiro atoms. The van der Waals surface area contributed by atoms with Crippen LogP contribution >= 0.6 is 0 Å². The molecule has 0 saturated carbocycles. The molecule has 0 atom stereocenters. The van der Waals surface area contributed by atoms with E-state index in [4.69, 9.17) is 0 Å². The maximum absolute atomic E-state index is 4.33. The van der Waals surface area contributed by atoms with Crippen molar-refractivity contribution < 1.29 is 0 Å². The fourth-order valence-corrected chi connectivity index (χ4v) is 2.40. The SMILES string of the molecule is c1cnnc(-c2cccc3cnnc(-c4cnccn4)c23)c1. The highest BCUT2D eigenvalue weighted by Gasteiger charge is 2.13. The summed E-state index contributed by atoms with van der Waals surface area (Å²) in [6.07, 6.45) is 8.33. The summed E-state index contributed by atoms with van der Waals surface area (Å²) in [5, 5.41) is 18.4. The standard InChI is InChI=1S/C16H10N6/c1-3-11-9-20-22-16(14-10-17-7-8-18-14)15(11)12(4-1)13-5-2-6-19-21-13/h1-10H. The van der Waals surface area contributed by atoms with Gasteiger partial charge < -0.3 is 0 Å². The first-order valence-electron chi connectivity index (χ1n) is 6.72. The number of fused-ring (bicyclic) bond motifs is 1. The van der Waals surface area contributed by atoms with E-state index in [9.17, 15) is 0 Å². The predicted molar refractivity (Wildman–Crippen MR) is 81.6 cm³/mol. The second-order valence-corrected chi connectivity index (χ2v) is 4.66. The van der Waals surface area contributed by atoms with Crippen LogP contribution in [-0.4, -0.2) is 30.4 Å². The van der Waals surface area contributed by atoms with E-state index in [-0.39, 0.29) is 0 Å². The van der Waals surface area contributed by atoms with Crippen LogP contribution in [-0.2, 0) is 0 Å². The zero-order valence-electron chi connectivity index (χ0n) is 11.5. The van der Waals surface area contributed by atoms with Crippen LogP contribution in [0.1, 0.15) is 0 Å². The molecule has 104 valence electrons. The Morgan fingerprint density at radius 1 is 0.727 bits per heavy atom. The minimum absolute atomic E-state index is 0.678. The number of hydrogen-bond donors (Lipinski definition) is 0. The number of aromatic nitrogens is 6. The van der Waals surface area contributed by atoms with Crippen LogP contribution in [0.15, 0.2) is 61.3 Å². The van der Waals surface area contributed by atoms with E-state index in [2.05, 4.69) is 30.4 Å². The second-order valence-electron chi connectivity index (χ2n) is 4.66. The molecule has 6 heteroatoms. The molecule has 0 saturated heterocycles. The lowest BCUT2D eigenvalue weighted by Gasteiger charge is -2.08. The van der Waals surface area contributed by atoms with E-state index in [1.165, 1.54) is 0 Å². The van der Waals surface area contributed by atoms with Gasteiger partial charge in [0.15, 0.2) is 0 Å². The molecule has 0 bridgehead atoms. The third kappa shape index (κ3) is 2.07. The molecule has 3 heterocycles. The lowest BCUT2D eigenvalue weighted by atomic mass is 10.0. The highest BCUT2D eigenvalue weighted by molar-refractivity contribution is 6.03. The van der Waals surface area contributed by atoms with Crippen LogP contribution in [0.4, 0.5) is 0 Å². The van der Waals surface area contributed by atoms with E-state index < -0.39 is 0 Å². The van der Waals surface area contributed by atoms with Gasteiger partial charge in [0.1, 0.15) is 11.4 Å². The van der Waals surface area contributed by atoms with Crippen molar-refractivity contribution in [2.24, 2.45) is 0 Å². The first-order chi connectivity index (χ1) is 10.9. The highest BCUT2D eigenvalue weighted by atomic mass is 15.1. The minimum Gasteiger partial charge on any atom is -0.261 e. The lowest BCUT2D eigenvalue weighted by Crippen LogP contribution is -1.95. The molecule has 0 aliphatic heterocycles. The largest absolute Gasteiger partial charge is 0.261 e. The van der Waals surface area contributed by atoms with Crippen LogP contribution in [0, 0.1) is 0 Å². The second kappa shape index (κ2) is 5.25. The van der Waals surface area contributed by atoms with Crippen LogP contribution < -0.4 is 0 Å². The van der Waals surface area contributed by atoms with Crippen molar-refractivity contribution in [1.29, 1.82) is 0 Å². The van der Waals surface area contributed by atoms with Gasteiger partial charge in [0, 0.05) is 34.9 Å². The monoisotopic (exact) mass is 286 g/mol. The molecule has 0 fully saturated rings. The molecule has 1 aromatic carbocycles. The van der Waals surface area contributed by atoms with Gasteiger partial charge in [-0.2, -0.15) is 15.3 Å². The molecule has 0 aliphatic rings. The molecule has 6 nitrogen and oxygen atoms in total. The Balaban J connectivity index is 2.07. The highest BCUT2D eigenvalue weighted by Crippen LogP contribution is 2.32. The Hall–Kier alpha value is -3.28. The quantitative estimate of drug-likeness (QED) is 0.563. The molecule has 22 heavy (non-hydrogen) atoms. The van der Waals surface area contributed by atoms with E-state index in [1.54, 1.807) is 31.0 Å². The first-order valence-corrected chi connectivity index (χ1v) is 6.72. The number of rotatable bonds is 2. The Labute approximate surface area is 125 Å². The number of benzene rings is 1. The van der Waals surface area contributed by atoms with E-state index in [0.29, 0.717) is 11.4 Å². The molecule has 4 rings (SSSR count). The van der Waals surface area contributed by atoms with E-state index in [0.717, 1.165) is 22.0 Å². The van der Waals surface area contributed by atoms with Crippen LogP contribution in [0.2, 0.25) is 0 Å². The molecule has 3 aromatic heterocycles. The summed E-state index contributed by atoms with van der Waals surface area (Å²) in [5.74, 6) is 0. The summed E-state index contributed by atoms with van der Waals surface area (Å²) in [7, 11) is 0. The molecule has 0 radical (unpaired) electrons. The molecule has 0 unspecified atom stereocenters. The van der Waals surface area contributed by atoms with Crippen molar-refractivity contribution >= 4 is 10.8 Å². The molecule has 0 aliphatic carbocycles. The lowest BCUT2D eigenvalue weighted by molar-refractivity contribution is 1.03. The maximum Gasteiger partial charge on any atom is 0.121 e. The molecular weight excluding hydrogens is 276 g/mol. The van der Waals surface area contributed by atoms with Gasteiger partial charge in [0.25, 0.3) is 0 Å². The normalized spacial score (nSPS) is 10.7. The average Bonchev–Trinajstić information content (AvgIpc) is 2.62. The zero-order valence-corrected chi connectivity index (χ0v) is 11.5. The third-order valence-electron chi connectivity index (χ3n) is 3.34. The first kappa shape index (κ1) is 12.5. The van der Waals surface area contributed by atoms with E-state index in [1.807, 2.05) is 30.3 Å². The van der Waals surface area contributed by atoms with Crippen molar-refractivity contribution in [1.82, 2.24) is 30.4 Å². The van der Waals surface area contributed by atoms with Gasteiger partial charge in [-0.1, -0.05) is 18.2 Å². The summed E-state index contributed by atoms with van der Waals surface area (Å²) < 4.78 is 0. The predicted octanol–water partition coefficient (Wildman–Crippen LogP) is 2.54. The summed E-state index contributed by atoms with van der Waals surface area (Å²) >= 11 is 0. The minimum atomic E-state index is 0.678. The molecular formula is C16H10N6. The fraction of sp³-hybridized carbons (Fsp3) is 0. The van der Waals surface area contributed by atoms with Gasteiger partial charge in [-0.25, -0.2) is 0 Å².